The number of rotatable bonds is 5. The minimum Gasteiger partial charge on any atom is -0.338 e. The normalized spacial score (nSPS) is 18.2. The maximum atomic E-state index is 4.53. The van der Waals surface area contributed by atoms with Crippen LogP contribution in [0.1, 0.15) is 48.7 Å². The van der Waals surface area contributed by atoms with E-state index in [1.165, 1.54) is 29.8 Å². The number of hydrogen-bond donors (Lipinski definition) is 0. The molecule has 0 aliphatic carbocycles. The first-order valence-electron chi connectivity index (χ1n) is 8.99. The van der Waals surface area contributed by atoms with Crippen molar-refractivity contribution in [1.82, 2.24) is 19.4 Å². The van der Waals surface area contributed by atoms with Gasteiger partial charge in [-0.1, -0.05) is 24.3 Å². The highest BCUT2D eigenvalue weighted by molar-refractivity contribution is 5.24. The van der Waals surface area contributed by atoms with Gasteiger partial charge < -0.3 is 9.47 Å². The number of imidazole rings is 1. The first-order chi connectivity index (χ1) is 11.5. The van der Waals surface area contributed by atoms with E-state index in [4.69, 9.17) is 0 Å². The van der Waals surface area contributed by atoms with Crippen molar-refractivity contribution in [3.8, 4) is 0 Å². The SMILES string of the molecule is C[C@H](c1ccc(CN2CCC(c3nccn3C)CC2)cc1)N(C)C. The Bertz CT molecular complexity index is 636. The van der Waals surface area contributed by atoms with Crippen LogP contribution < -0.4 is 0 Å². The van der Waals surface area contributed by atoms with Gasteiger partial charge in [0, 0.05) is 37.9 Å². The second kappa shape index (κ2) is 7.49. The predicted molar refractivity (Wildman–Crippen MR) is 99.0 cm³/mol. The lowest BCUT2D eigenvalue weighted by Crippen LogP contribution is -2.33. The van der Waals surface area contributed by atoms with Gasteiger partial charge in [-0.25, -0.2) is 4.98 Å². The highest BCUT2D eigenvalue weighted by Crippen LogP contribution is 2.27. The average Bonchev–Trinajstić information content (AvgIpc) is 3.01. The second-order valence-corrected chi connectivity index (χ2v) is 7.33. The summed E-state index contributed by atoms with van der Waals surface area (Å²) in [6.07, 6.45) is 6.39. The van der Waals surface area contributed by atoms with E-state index in [0.29, 0.717) is 12.0 Å². The van der Waals surface area contributed by atoms with Crippen molar-refractivity contribution in [3.05, 3.63) is 53.6 Å². The number of piperidine rings is 1. The fraction of sp³-hybridized carbons (Fsp3) is 0.550. The quantitative estimate of drug-likeness (QED) is 0.841. The fourth-order valence-electron chi connectivity index (χ4n) is 3.58. The highest BCUT2D eigenvalue weighted by Gasteiger charge is 2.23. The monoisotopic (exact) mass is 326 g/mol. The van der Waals surface area contributed by atoms with Crippen LogP contribution in [0.4, 0.5) is 0 Å². The van der Waals surface area contributed by atoms with Crippen molar-refractivity contribution in [2.24, 2.45) is 7.05 Å². The number of aromatic nitrogens is 2. The van der Waals surface area contributed by atoms with Crippen molar-refractivity contribution in [3.63, 3.8) is 0 Å². The summed E-state index contributed by atoms with van der Waals surface area (Å²) in [4.78, 5) is 9.35. The molecule has 0 radical (unpaired) electrons. The average molecular weight is 326 g/mol. The van der Waals surface area contributed by atoms with E-state index < -0.39 is 0 Å². The Kier molecular flexibility index (Phi) is 5.36. The maximum absolute atomic E-state index is 4.53. The summed E-state index contributed by atoms with van der Waals surface area (Å²) in [5.74, 6) is 1.86. The number of hydrogen-bond acceptors (Lipinski definition) is 3. The topological polar surface area (TPSA) is 24.3 Å². The van der Waals surface area contributed by atoms with Crippen molar-refractivity contribution in [2.45, 2.75) is 38.3 Å². The van der Waals surface area contributed by atoms with Gasteiger partial charge in [-0.05, 0) is 58.1 Å². The van der Waals surface area contributed by atoms with Crippen LogP contribution in [0.15, 0.2) is 36.7 Å². The first-order valence-corrected chi connectivity index (χ1v) is 8.99. The van der Waals surface area contributed by atoms with Crippen LogP contribution in [0.3, 0.4) is 0 Å². The number of aryl methyl sites for hydroxylation is 1. The molecule has 2 heterocycles. The fourth-order valence-corrected chi connectivity index (χ4v) is 3.58. The van der Waals surface area contributed by atoms with Crippen molar-refractivity contribution >= 4 is 0 Å². The van der Waals surface area contributed by atoms with E-state index in [1.807, 2.05) is 6.20 Å². The van der Waals surface area contributed by atoms with Gasteiger partial charge in [0.2, 0.25) is 0 Å². The van der Waals surface area contributed by atoms with Gasteiger partial charge in [0.05, 0.1) is 0 Å². The standard InChI is InChI=1S/C20H30N4/c1-16(22(2)3)18-7-5-17(6-8-18)15-24-12-9-19(10-13-24)20-21-11-14-23(20)4/h5-8,11,14,16,19H,9-10,12-13,15H2,1-4H3/t16-/m1/s1. The third-order valence-electron chi connectivity index (χ3n) is 5.45. The Morgan fingerprint density at radius 2 is 1.83 bits per heavy atom. The molecule has 4 nitrogen and oxygen atoms in total. The van der Waals surface area contributed by atoms with Crippen LogP contribution >= 0.6 is 0 Å². The van der Waals surface area contributed by atoms with Crippen LogP contribution in [0.25, 0.3) is 0 Å². The molecule has 1 atom stereocenters. The molecule has 1 aromatic carbocycles. The molecule has 0 spiro atoms. The molecule has 0 saturated carbocycles. The Hall–Kier alpha value is -1.65. The lowest BCUT2D eigenvalue weighted by Gasteiger charge is -2.31. The van der Waals surface area contributed by atoms with Crippen LogP contribution in [0, 0.1) is 0 Å². The molecule has 1 aromatic heterocycles. The summed E-state index contributed by atoms with van der Waals surface area (Å²) in [7, 11) is 6.36. The van der Waals surface area contributed by atoms with Gasteiger partial charge in [-0.2, -0.15) is 0 Å². The molecule has 1 aliphatic heterocycles. The maximum Gasteiger partial charge on any atom is 0.111 e. The van der Waals surface area contributed by atoms with Crippen LogP contribution in [0.5, 0.6) is 0 Å². The number of nitrogens with zero attached hydrogens (tertiary/aromatic N) is 4. The molecule has 1 aliphatic rings. The van der Waals surface area contributed by atoms with Gasteiger partial charge in [-0.15, -0.1) is 0 Å². The van der Waals surface area contributed by atoms with Crippen molar-refractivity contribution in [1.29, 1.82) is 0 Å². The molecule has 1 saturated heterocycles. The number of benzene rings is 1. The zero-order valence-electron chi connectivity index (χ0n) is 15.4. The largest absolute Gasteiger partial charge is 0.338 e. The Balaban J connectivity index is 1.54. The minimum absolute atomic E-state index is 0.465. The van der Waals surface area contributed by atoms with E-state index in [9.17, 15) is 0 Å². The zero-order valence-corrected chi connectivity index (χ0v) is 15.4. The predicted octanol–water partition coefficient (Wildman–Crippen LogP) is 3.42. The molecule has 3 rings (SSSR count). The van der Waals surface area contributed by atoms with Crippen LogP contribution in [-0.2, 0) is 13.6 Å². The molecule has 0 unspecified atom stereocenters. The van der Waals surface area contributed by atoms with Crippen molar-refractivity contribution in [2.75, 3.05) is 27.2 Å². The van der Waals surface area contributed by atoms with Gasteiger partial charge in [0.15, 0.2) is 0 Å². The van der Waals surface area contributed by atoms with Gasteiger partial charge in [0.25, 0.3) is 0 Å². The zero-order chi connectivity index (χ0) is 17.1. The summed E-state index contributed by atoms with van der Waals surface area (Å²) in [6, 6.07) is 9.61. The lowest BCUT2D eigenvalue weighted by molar-refractivity contribution is 0.200. The molecule has 0 N–H and O–H groups in total. The van der Waals surface area contributed by atoms with Gasteiger partial charge in [-0.3, -0.25) is 4.90 Å². The van der Waals surface area contributed by atoms with E-state index in [-0.39, 0.29) is 0 Å². The van der Waals surface area contributed by atoms with E-state index in [0.717, 1.165) is 19.6 Å². The molecule has 24 heavy (non-hydrogen) atoms. The molecule has 130 valence electrons. The summed E-state index contributed by atoms with van der Waals surface area (Å²) < 4.78 is 2.17. The van der Waals surface area contributed by atoms with Gasteiger partial charge >= 0.3 is 0 Å². The lowest BCUT2D eigenvalue weighted by atomic mass is 9.95. The van der Waals surface area contributed by atoms with E-state index >= 15 is 0 Å². The van der Waals surface area contributed by atoms with Gasteiger partial charge in [0.1, 0.15) is 5.82 Å². The molecule has 4 heteroatoms. The molecule has 2 aromatic rings. The molecule has 0 bridgehead atoms. The smallest absolute Gasteiger partial charge is 0.111 e. The van der Waals surface area contributed by atoms with Crippen molar-refractivity contribution < 1.29 is 0 Å². The summed E-state index contributed by atoms with van der Waals surface area (Å²) >= 11 is 0. The summed E-state index contributed by atoms with van der Waals surface area (Å²) in [5.41, 5.74) is 2.80. The molecule has 0 amide bonds. The second-order valence-electron chi connectivity index (χ2n) is 7.33. The molecule has 1 fully saturated rings. The Morgan fingerprint density at radius 3 is 2.38 bits per heavy atom. The Morgan fingerprint density at radius 1 is 1.17 bits per heavy atom. The van der Waals surface area contributed by atoms with Crippen LogP contribution in [-0.4, -0.2) is 46.5 Å². The van der Waals surface area contributed by atoms with Crippen LogP contribution in [0.2, 0.25) is 0 Å². The van der Waals surface area contributed by atoms with E-state index in [2.05, 4.69) is 77.9 Å². The third kappa shape index (κ3) is 3.87. The molecular weight excluding hydrogens is 296 g/mol. The van der Waals surface area contributed by atoms with E-state index in [1.54, 1.807) is 0 Å². The first kappa shape index (κ1) is 17.2. The third-order valence-corrected chi connectivity index (χ3v) is 5.45. The highest BCUT2D eigenvalue weighted by atomic mass is 15.1. The minimum atomic E-state index is 0.465. The summed E-state index contributed by atoms with van der Waals surface area (Å²) in [5, 5.41) is 0. The molecular formula is C20H30N4. The Labute approximate surface area is 146 Å². The number of likely N-dealkylation sites (tertiary alicyclic amines) is 1. The summed E-state index contributed by atoms with van der Waals surface area (Å²) in [6.45, 7) is 5.63.